The second kappa shape index (κ2) is 7.51. The molecule has 0 saturated heterocycles. The summed E-state index contributed by atoms with van der Waals surface area (Å²) in [5.41, 5.74) is -5.69. The van der Waals surface area contributed by atoms with E-state index in [2.05, 4.69) is 4.18 Å². The molecule has 0 saturated carbocycles. The monoisotopic (exact) mass is 428 g/mol. The van der Waals surface area contributed by atoms with Gasteiger partial charge in [0.15, 0.2) is 5.75 Å². The summed E-state index contributed by atoms with van der Waals surface area (Å²) in [6.45, 7) is 2.94. The lowest BCUT2D eigenvalue weighted by Crippen LogP contribution is -2.28. The van der Waals surface area contributed by atoms with E-state index in [9.17, 15) is 30.8 Å². The van der Waals surface area contributed by atoms with Gasteiger partial charge in [0.05, 0.1) is 18.1 Å². The quantitative estimate of drug-likeness (QED) is 0.308. The Morgan fingerprint density at radius 2 is 1.81 bits per heavy atom. The average Bonchev–Trinajstić information content (AvgIpc) is 2.51. The van der Waals surface area contributed by atoms with E-state index in [4.69, 9.17) is 16.3 Å². The molecule has 0 spiro atoms. The van der Waals surface area contributed by atoms with Crippen LogP contribution in [0.5, 0.6) is 5.75 Å². The Labute approximate surface area is 156 Å². The molecule has 5 nitrogen and oxygen atoms in total. The van der Waals surface area contributed by atoms with E-state index in [0.29, 0.717) is 0 Å². The second-order valence-corrected chi connectivity index (χ2v) is 7.39. The van der Waals surface area contributed by atoms with Crippen LogP contribution in [0.1, 0.15) is 18.1 Å². The number of carbonyl (C=O) groups excluding carboxylic acids is 1. The molecule has 2 rings (SSSR count). The zero-order chi connectivity index (χ0) is 20.6. The van der Waals surface area contributed by atoms with Crippen LogP contribution in [0.4, 0.5) is 17.6 Å². The third-order valence-electron chi connectivity index (χ3n) is 3.55. The van der Waals surface area contributed by atoms with Crippen LogP contribution in [-0.4, -0.2) is 26.5 Å². The lowest BCUT2D eigenvalue weighted by Gasteiger charge is -2.18. The number of ether oxygens (including phenoxy) is 1. The molecule has 148 valence electrons. The summed E-state index contributed by atoms with van der Waals surface area (Å²) in [6.07, 6.45) is -0.577. The van der Waals surface area contributed by atoms with E-state index >= 15 is 0 Å². The van der Waals surface area contributed by atoms with Gasteiger partial charge in [0.1, 0.15) is 5.82 Å². The predicted molar refractivity (Wildman–Crippen MR) is 89.6 cm³/mol. The number of halogens is 5. The topological polar surface area (TPSA) is 69.7 Å². The first-order valence-corrected chi connectivity index (χ1v) is 9.23. The molecule has 0 fully saturated rings. The third-order valence-corrected chi connectivity index (χ3v) is 4.82. The zero-order valence-electron chi connectivity index (χ0n) is 14.0. The Balaban J connectivity index is 2.80. The maximum Gasteiger partial charge on any atom is 0.534 e. The highest BCUT2D eigenvalue weighted by Gasteiger charge is 2.49. The molecule has 0 amide bonds. The number of hydrogen-bond acceptors (Lipinski definition) is 5. The Kier molecular flexibility index (Phi) is 5.91. The van der Waals surface area contributed by atoms with Gasteiger partial charge in [0.25, 0.3) is 0 Å². The van der Waals surface area contributed by atoms with Gasteiger partial charge in [-0.05, 0) is 37.6 Å². The number of hydrogen-bond donors (Lipinski definition) is 0. The van der Waals surface area contributed by atoms with Crippen molar-refractivity contribution in [2.45, 2.75) is 25.8 Å². The van der Waals surface area contributed by atoms with Crippen LogP contribution in [-0.2, 0) is 26.1 Å². The van der Waals surface area contributed by atoms with Crippen LogP contribution in [0.25, 0.3) is 10.8 Å². The first-order valence-electron chi connectivity index (χ1n) is 7.45. The van der Waals surface area contributed by atoms with E-state index in [0.717, 1.165) is 12.1 Å². The van der Waals surface area contributed by atoms with Gasteiger partial charge in [-0.3, -0.25) is 4.79 Å². The summed E-state index contributed by atoms with van der Waals surface area (Å²) >= 11 is 5.92. The molecule has 2 aromatic carbocycles. The van der Waals surface area contributed by atoms with E-state index in [1.54, 1.807) is 0 Å². The largest absolute Gasteiger partial charge is 0.534 e. The summed E-state index contributed by atoms with van der Waals surface area (Å²) < 4.78 is 84.2. The highest BCUT2D eigenvalue weighted by Crippen LogP contribution is 2.39. The van der Waals surface area contributed by atoms with Crippen LogP contribution in [0.15, 0.2) is 18.2 Å². The number of carbonyl (C=O) groups is 1. The second-order valence-electron chi connectivity index (χ2n) is 5.45. The molecule has 2 aromatic rings. The van der Waals surface area contributed by atoms with E-state index in [1.165, 1.54) is 19.9 Å². The molecule has 11 heteroatoms. The number of rotatable bonds is 5. The smallest absolute Gasteiger partial charge is 0.466 e. The van der Waals surface area contributed by atoms with Gasteiger partial charge >= 0.3 is 21.6 Å². The fourth-order valence-electron chi connectivity index (χ4n) is 2.39. The fourth-order valence-corrected chi connectivity index (χ4v) is 3.16. The molecule has 0 heterocycles. The van der Waals surface area contributed by atoms with Crippen molar-refractivity contribution >= 4 is 38.5 Å². The molecule has 0 aromatic heterocycles. The van der Waals surface area contributed by atoms with Crippen LogP contribution in [0.2, 0.25) is 5.02 Å². The van der Waals surface area contributed by atoms with Gasteiger partial charge < -0.3 is 8.92 Å². The third kappa shape index (κ3) is 4.44. The van der Waals surface area contributed by atoms with Crippen molar-refractivity contribution in [3.05, 3.63) is 40.2 Å². The summed E-state index contributed by atoms with van der Waals surface area (Å²) in [5, 5.41) is -0.418. The number of fused-ring (bicyclic) bond motifs is 1. The van der Waals surface area contributed by atoms with Crippen molar-refractivity contribution in [2.24, 2.45) is 0 Å². The van der Waals surface area contributed by atoms with Gasteiger partial charge in [-0.15, -0.1) is 0 Å². The molecule has 0 aliphatic rings. The molecule has 0 unspecified atom stereocenters. The number of esters is 1. The van der Waals surface area contributed by atoms with Gasteiger partial charge in [0.2, 0.25) is 0 Å². The van der Waals surface area contributed by atoms with E-state index in [-0.39, 0.29) is 33.5 Å². The molecule has 0 bridgehead atoms. The minimum Gasteiger partial charge on any atom is -0.466 e. The molecule has 0 atom stereocenters. The van der Waals surface area contributed by atoms with Crippen LogP contribution in [0.3, 0.4) is 0 Å². The average molecular weight is 429 g/mol. The highest BCUT2D eigenvalue weighted by atomic mass is 35.5. The summed E-state index contributed by atoms with van der Waals surface area (Å²) in [5.74, 6) is -2.57. The number of benzene rings is 2. The molecule has 0 aliphatic carbocycles. The van der Waals surface area contributed by atoms with Crippen molar-refractivity contribution in [2.75, 3.05) is 6.61 Å². The standard InChI is InChI=1S/C16H13ClF4O5S/c1-3-25-14(22)7-10-8(2)4-11-12(5-9(18)6-13(11)17)15(10)26-27(23,24)16(19,20)21/h4-6H,3,7H2,1-2H3. The number of aryl methyl sites for hydroxylation is 1. The Hall–Kier alpha value is -2.07. The predicted octanol–water partition coefficient (Wildman–Crippen LogP) is 4.27. The minimum atomic E-state index is -6.07. The van der Waals surface area contributed by atoms with E-state index in [1.807, 2.05) is 0 Å². The van der Waals surface area contributed by atoms with Gasteiger partial charge in [-0.1, -0.05) is 11.6 Å². The van der Waals surface area contributed by atoms with Crippen LogP contribution >= 0.6 is 11.6 Å². The zero-order valence-corrected chi connectivity index (χ0v) is 15.6. The maximum absolute atomic E-state index is 13.8. The molecule has 0 aliphatic heterocycles. The lowest BCUT2D eigenvalue weighted by molar-refractivity contribution is -0.142. The maximum atomic E-state index is 13.8. The van der Waals surface area contributed by atoms with Gasteiger partial charge in [0, 0.05) is 16.3 Å². The Bertz CT molecular complexity index is 1000. The van der Waals surface area contributed by atoms with Crippen LogP contribution in [0, 0.1) is 12.7 Å². The lowest BCUT2D eigenvalue weighted by atomic mass is 9.98. The van der Waals surface area contributed by atoms with Crippen molar-refractivity contribution in [1.29, 1.82) is 0 Å². The van der Waals surface area contributed by atoms with Gasteiger partial charge in [-0.2, -0.15) is 21.6 Å². The Morgan fingerprint density at radius 3 is 2.37 bits per heavy atom. The summed E-state index contributed by atoms with van der Waals surface area (Å²) in [6, 6.07) is 3.08. The fraction of sp³-hybridized carbons (Fsp3) is 0.312. The van der Waals surface area contributed by atoms with Crippen molar-refractivity contribution in [3.8, 4) is 5.75 Å². The minimum absolute atomic E-state index is 0.00294. The first-order chi connectivity index (χ1) is 12.4. The van der Waals surface area contributed by atoms with Crippen molar-refractivity contribution in [1.82, 2.24) is 0 Å². The van der Waals surface area contributed by atoms with Gasteiger partial charge in [-0.25, -0.2) is 4.39 Å². The SMILES string of the molecule is CCOC(=O)Cc1c(C)cc2c(Cl)cc(F)cc2c1OS(=O)(=O)C(F)(F)F. The van der Waals surface area contributed by atoms with Crippen molar-refractivity contribution in [3.63, 3.8) is 0 Å². The normalized spacial score (nSPS) is 12.3. The van der Waals surface area contributed by atoms with Crippen molar-refractivity contribution < 1.29 is 39.7 Å². The first kappa shape index (κ1) is 21.2. The highest BCUT2D eigenvalue weighted by molar-refractivity contribution is 7.88. The Morgan fingerprint density at radius 1 is 1.19 bits per heavy atom. The molecular formula is C16H13ClF4O5S. The molecular weight excluding hydrogens is 416 g/mol. The molecule has 27 heavy (non-hydrogen) atoms. The summed E-state index contributed by atoms with van der Waals surface area (Å²) in [4.78, 5) is 11.8. The summed E-state index contributed by atoms with van der Waals surface area (Å²) in [7, 11) is -6.07. The molecule has 0 N–H and O–H groups in total. The molecule has 0 radical (unpaired) electrons. The number of alkyl halides is 3. The van der Waals surface area contributed by atoms with E-state index < -0.39 is 39.6 Å². The van der Waals surface area contributed by atoms with Crippen LogP contribution < -0.4 is 4.18 Å².